The summed E-state index contributed by atoms with van der Waals surface area (Å²) in [6.45, 7) is 0.157. The van der Waals surface area contributed by atoms with E-state index in [-0.39, 0.29) is 29.1 Å². The smallest absolute Gasteiger partial charge is 0.253 e. The SMILES string of the molecule is Cn1c(CNC(=O)c2ccc(Cl)cc2Cl)nnc1SCC(=O)Nc1cccc2ccccc12. The maximum absolute atomic E-state index is 12.5. The normalized spacial score (nSPS) is 10.9. The van der Waals surface area contributed by atoms with Gasteiger partial charge in [0.2, 0.25) is 5.91 Å². The number of benzene rings is 3. The molecule has 1 aromatic heterocycles. The molecule has 0 spiro atoms. The van der Waals surface area contributed by atoms with Crippen LogP contribution >= 0.6 is 35.0 Å². The lowest BCUT2D eigenvalue weighted by atomic mass is 10.1. The highest BCUT2D eigenvalue weighted by Gasteiger charge is 2.15. The number of anilines is 1. The predicted octanol–water partition coefficient (Wildman–Crippen LogP) is 4.94. The fourth-order valence-corrected chi connectivity index (χ4v) is 4.43. The molecular weight excluding hydrogens is 481 g/mol. The molecule has 4 aromatic rings. The van der Waals surface area contributed by atoms with Crippen LogP contribution in [0.15, 0.2) is 65.8 Å². The summed E-state index contributed by atoms with van der Waals surface area (Å²) in [5, 5.41) is 17.3. The molecule has 0 aliphatic carbocycles. The number of halogens is 2. The number of hydrogen-bond donors (Lipinski definition) is 2. The third-order valence-electron chi connectivity index (χ3n) is 4.90. The number of aromatic nitrogens is 3. The Morgan fingerprint density at radius 2 is 1.82 bits per heavy atom. The Balaban J connectivity index is 1.34. The third-order valence-corrected chi connectivity index (χ3v) is 6.47. The van der Waals surface area contributed by atoms with Crippen molar-refractivity contribution in [3.63, 3.8) is 0 Å². The second-order valence-corrected chi connectivity index (χ2v) is 8.91. The minimum atomic E-state index is -0.344. The zero-order valence-corrected chi connectivity index (χ0v) is 19.8. The van der Waals surface area contributed by atoms with Crippen molar-refractivity contribution < 1.29 is 9.59 Å². The van der Waals surface area contributed by atoms with Crippen LogP contribution in [-0.2, 0) is 18.4 Å². The zero-order valence-electron chi connectivity index (χ0n) is 17.5. The third kappa shape index (κ3) is 5.47. The Morgan fingerprint density at radius 1 is 1.03 bits per heavy atom. The molecule has 2 amide bonds. The molecule has 10 heteroatoms. The lowest BCUT2D eigenvalue weighted by molar-refractivity contribution is -0.113. The maximum atomic E-state index is 12.5. The molecule has 0 atom stereocenters. The van der Waals surface area contributed by atoms with E-state index in [9.17, 15) is 9.59 Å². The van der Waals surface area contributed by atoms with Crippen LogP contribution in [0.3, 0.4) is 0 Å². The van der Waals surface area contributed by atoms with E-state index in [1.165, 1.54) is 17.8 Å². The Bertz CT molecular complexity index is 1340. The molecule has 0 aliphatic rings. The van der Waals surface area contributed by atoms with Crippen LogP contribution in [0.5, 0.6) is 0 Å². The van der Waals surface area contributed by atoms with Crippen molar-refractivity contribution >= 4 is 63.2 Å². The largest absolute Gasteiger partial charge is 0.345 e. The topological polar surface area (TPSA) is 88.9 Å². The molecule has 0 aliphatic heterocycles. The number of nitrogens with zero attached hydrogens (tertiary/aromatic N) is 3. The summed E-state index contributed by atoms with van der Waals surface area (Å²) in [5.41, 5.74) is 1.09. The van der Waals surface area contributed by atoms with Gasteiger partial charge in [-0.05, 0) is 29.7 Å². The quantitative estimate of drug-likeness (QED) is 0.351. The molecule has 0 saturated heterocycles. The van der Waals surface area contributed by atoms with Crippen LogP contribution in [0, 0.1) is 0 Å². The summed E-state index contributed by atoms with van der Waals surface area (Å²) in [4.78, 5) is 24.9. The highest BCUT2D eigenvalue weighted by Crippen LogP contribution is 2.24. The first-order valence-corrected chi connectivity index (χ1v) is 11.7. The van der Waals surface area contributed by atoms with Gasteiger partial charge in [-0.3, -0.25) is 9.59 Å². The van der Waals surface area contributed by atoms with Crippen LogP contribution in [-0.4, -0.2) is 32.3 Å². The van der Waals surface area contributed by atoms with Gasteiger partial charge in [0, 0.05) is 23.1 Å². The Labute approximate surface area is 204 Å². The van der Waals surface area contributed by atoms with Crippen molar-refractivity contribution in [3.8, 4) is 0 Å². The van der Waals surface area contributed by atoms with Gasteiger partial charge in [0.15, 0.2) is 11.0 Å². The van der Waals surface area contributed by atoms with Gasteiger partial charge in [0.05, 0.1) is 22.9 Å². The van der Waals surface area contributed by atoms with Gasteiger partial charge in [-0.2, -0.15) is 0 Å². The molecule has 3 aromatic carbocycles. The van der Waals surface area contributed by atoms with Gasteiger partial charge in [0.25, 0.3) is 5.91 Å². The average Bonchev–Trinajstić information content (AvgIpc) is 3.15. The van der Waals surface area contributed by atoms with Crippen molar-refractivity contribution in [3.05, 3.63) is 82.1 Å². The summed E-state index contributed by atoms with van der Waals surface area (Å²) in [6, 6.07) is 18.3. The first kappa shape index (κ1) is 23.1. The van der Waals surface area contributed by atoms with Gasteiger partial charge in [-0.1, -0.05) is 71.4 Å². The summed E-state index contributed by atoms with van der Waals surface area (Å²) < 4.78 is 1.74. The number of amides is 2. The zero-order chi connectivity index (χ0) is 23.4. The first-order valence-electron chi connectivity index (χ1n) is 9.94. The minimum Gasteiger partial charge on any atom is -0.345 e. The van der Waals surface area contributed by atoms with E-state index in [1.807, 2.05) is 42.5 Å². The molecule has 4 rings (SSSR count). The molecule has 0 fully saturated rings. The molecule has 7 nitrogen and oxygen atoms in total. The molecule has 0 radical (unpaired) electrons. The molecule has 0 saturated carbocycles. The molecule has 0 unspecified atom stereocenters. The predicted molar refractivity (Wildman–Crippen MR) is 132 cm³/mol. The van der Waals surface area contributed by atoms with E-state index >= 15 is 0 Å². The van der Waals surface area contributed by atoms with Crippen LogP contribution in [0.4, 0.5) is 5.69 Å². The fraction of sp³-hybridized carbons (Fsp3) is 0.130. The highest BCUT2D eigenvalue weighted by molar-refractivity contribution is 7.99. The van der Waals surface area contributed by atoms with Crippen LogP contribution < -0.4 is 10.6 Å². The van der Waals surface area contributed by atoms with Gasteiger partial charge in [0.1, 0.15) is 0 Å². The van der Waals surface area contributed by atoms with Crippen LogP contribution in [0.25, 0.3) is 10.8 Å². The van der Waals surface area contributed by atoms with Crippen molar-refractivity contribution in [1.29, 1.82) is 0 Å². The molecule has 33 heavy (non-hydrogen) atoms. The van der Waals surface area contributed by atoms with Crippen molar-refractivity contribution in [2.24, 2.45) is 7.05 Å². The summed E-state index contributed by atoms with van der Waals surface area (Å²) in [7, 11) is 1.78. The second-order valence-electron chi connectivity index (χ2n) is 7.13. The summed E-state index contributed by atoms with van der Waals surface area (Å²) in [5.74, 6) is 0.224. The van der Waals surface area contributed by atoms with Gasteiger partial charge < -0.3 is 15.2 Å². The van der Waals surface area contributed by atoms with Crippen molar-refractivity contribution in [2.45, 2.75) is 11.7 Å². The van der Waals surface area contributed by atoms with Crippen molar-refractivity contribution in [1.82, 2.24) is 20.1 Å². The van der Waals surface area contributed by atoms with E-state index < -0.39 is 0 Å². The number of fused-ring (bicyclic) bond motifs is 1. The van der Waals surface area contributed by atoms with E-state index in [2.05, 4.69) is 20.8 Å². The van der Waals surface area contributed by atoms with Gasteiger partial charge in [-0.25, -0.2) is 0 Å². The summed E-state index contributed by atoms with van der Waals surface area (Å²) >= 11 is 13.2. The lowest BCUT2D eigenvalue weighted by Gasteiger charge is -2.09. The van der Waals surface area contributed by atoms with Gasteiger partial charge >= 0.3 is 0 Å². The number of carbonyl (C=O) groups is 2. The lowest BCUT2D eigenvalue weighted by Crippen LogP contribution is -2.24. The van der Waals surface area contributed by atoms with E-state index in [4.69, 9.17) is 23.2 Å². The number of rotatable bonds is 7. The first-order chi connectivity index (χ1) is 15.9. The van der Waals surface area contributed by atoms with Crippen LogP contribution in [0.1, 0.15) is 16.2 Å². The number of nitrogens with one attached hydrogen (secondary N) is 2. The Kier molecular flexibility index (Phi) is 7.17. The van der Waals surface area contributed by atoms with E-state index in [0.717, 1.165) is 16.5 Å². The van der Waals surface area contributed by atoms with E-state index in [0.29, 0.717) is 21.6 Å². The highest BCUT2D eigenvalue weighted by atomic mass is 35.5. The Hall–Kier alpha value is -3.07. The summed E-state index contributed by atoms with van der Waals surface area (Å²) in [6.07, 6.45) is 0. The second kappa shape index (κ2) is 10.2. The molecule has 1 heterocycles. The molecular formula is C23H19Cl2N5O2S. The molecule has 2 N–H and O–H groups in total. The number of carbonyl (C=O) groups excluding carboxylic acids is 2. The monoisotopic (exact) mass is 499 g/mol. The average molecular weight is 500 g/mol. The number of thioether (sulfide) groups is 1. The van der Waals surface area contributed by atoms with E-state index in [1.54, 1.807) is 23.7 Å². The molecule has 0 bridgehead atoms. The minimum absolute atomic E-state index is 0.147. The number of hydrogen-bond acceptors (Lipinski definition) is 5. The van der Waals surface area contributed by atoms with Crippen LogP contribution in [0.2, 0.25) is 10.0 Å². The fourth-order valence-electron chi connectivity index (χ4n) is 3.20. The maximum Gasteiger partial charge on any atom is 0.253 e. The molecule has 168 valence electrons. The van der Waals surface area contributed by atoms with Crippen molar-refractivity contribution in [2.75, 3.05) is 11.1 Å². The standard InChI is InChI=1S/C23H19Cl2N5O2S/c1-30-20(12-26-22(32)17-10-9-15(24)11-18(17)25)28-29-23(30)33-13-21(31)27-19-8-4-6-14-5-2-3-7-16(14)19/h2-11H,12-13H2,1H3,(H,26,32)(H,27,31). The Morgan fingerprint density at radius 3 is 2.64 bits per heavy atom. The van der Waals surface area contributed by atoms with Gasteiger partial charge in [-0.15, -0.1) is 10.2 Å².